The second-order valence-corrected chi connectivity index (χ2v) is 4.87. The number of nitrogens with zero attached hydrogens (tertiary/aromatic N) is 1. The van der Waals surface area contributed by atoms with Crippen molar-refractivity contribution < 1.29 is 9.72 Å². The van der Waals surface area contributed by atoms with Crippen molar-refractivity contribution in [2.24, 2.45) is 5.73 Å². The van der Waals surface area contributed by atoms with E-state index in [1.807, 2.05) is 12.1 Å². The fraction of sp³-hybridized carbons (Fsp3) is 0.0714. The van der Waals surface area contributed by atoms with Crippen molar-refractivity contribution in [3.63, 3.8) is 0 Å². The van der Waals surface area contributed by atoms with E-state index in [2.05, 4.69) is 10.6 Å². The molecule has 0 bridgehead atoms. The van der Waals surface area contributed by atoms with E-state index in [0.29, 0.717) is 17.9 Å². The van der Waals surface area contributed by atoms with Crippen molar-refractivity contribution in [1.29, 1.82) is 0 Å². The number of primary amides is 1. The molecule has 2 aromatic rings. The van der Waals surface area contributed by atoms with Crippen LogP contribution >= 0.6 is 11.6 Å². The van der Waals surface area contributed by atoms with Crippen molar-refractivity contribution in [1.82, 2.24) is 0 Å². The molecular formula is C14H13ClN4O3. The highest BCUT2D eigenvalue weighted by atomic mass is 35.5. The van der Waals surface area contributed by atoms with Crippen LogP contribution in [0.25, 0.3) is 0 Å². The molecule has 2 amide bonds. The topological polar surface area (TPSA) is 110 Å². The van der Waals surface area contributed by atoms with Gasteiger partial charge in [0.15, 0.2) is 0 Å². The van der Waals surface area contributed by atoms with Crippen LogP contribution in [-0.2, 0) is 6.54 Å². The predicted molar refractivity (Wildman–Crippen MR) is 85.1 cm³/mol. The van der Waals surface area contributed by atoms with Crippen molar-refractivity contribution in [3.8, 4) is 0 Å². The van der Waals surface area contributed by atoms with Crippen LogP contribution in [0.15, 0.2) is 42.5 Å². The molecule has 0 aliphatic carbocycles. The lowest BCUT2D eigenvalue weighted by Gasteiger charge is -2.09. The third-order valence-electron chi connectivity index (χ3n) is 2.87. The molecule has 0 radical (unpaired) electrons. The van der Waals surface area contributed by atoms with Crippen LogP contribution in [0, 0.1) is 10.1 Å². The van der Waals surface area contributed by atoms with Crippen molar-refractivity contribution >= 4 is 34.7 Å². The van der Waals surface area contributed by atoms with Gasteiger partial charge in [0.25, 0.3) is 5.69 Å². The molecule has 7 nitrogen and oxygen atoms in total. The molecule has 0 aliphatic heterocycles. The zero-order valence-corrected chi connectivity index (χ0v) is 12.1. The number of rotatable bonds is 5. The SMILES string of the molecule is NC(=O)Nc1ccc(CNc2ccc([N+](=O)[O-])cc2Cl)cc1. The van der Waals surface area contributed by atoms with Crippen LogP contribution in [0.2, 0.25) is 5.02 Å². The summed E-state index contributed by atoms with van der Waals surface area (Å²) in [6, 6.07) is 10.7. The number of hydrogen-bond donors (Lipinski definition) is 3. The van der Waals surface area contributed by atoms with Crippen LogP contribution in [0.1, 0.15) is 5.56 Å². The fourth-order valence-corrected chi connectivity index (χ4v) is 2.05. The Labute approximate surface area is 131 Å². The Kier molecular flexibility index (Phi) is 4.80. The number of nitro groups is 1. The maximum absolute atomic E-state index is 10.7. The number of halogens is 1. The smallest absolute Gasteiger partial charge is 0.316 e. The summed E-state index contributed by atoms with van der Waals surface area (Å²) in [5, 5.41) is 16.5. The second kappa shape index (κ2) is 6.77. The maximum Gasteiger partial charge on any atom is 0.316 e. The molecule has 0 fully saturated rings. The molecule has 0 unspecified atom stereocenters. The van der Waals surface area contributed by atoms with Gasteiger partial charge in [0.05, 0.1) is 15.6 Å². The third-order valence-corrected chi connectivity index (χ3v) is 3.18. The molecule has 2 aromatic carbocycles. The van der Waals surface area contributed by atoms with Gasteiger partial charge in [0.2, 0.25) is 0 Å². The van der Waals surface area contributed by atoms with Gasteiger partial charge in [-0.2, -0.15) is 0 Å². The maximum atomic E-state index is 10.7. The van der Waals surface area contributed by atoms with Gasteiger partial charge in [-0.05, 0) is 23.8 Å². The molecule has 0 aliphatic rings. The molecule has 0 spiro atoms. The summed E-state index contributed by atoms with van der Waals surface area (Å²) in [6.07, 6.45) is 0. The van der Waals surface area contributed by atoms with Crippen molar-refractivity contribution in [2.45, 2.75) is 6.54 Å². The molecule has 4 N–H and O–H groups in total. The van der Waals surface area contributed by atoms with Crippen LogP contribution in [0.3, 0.4) is 0 Å². The van der Waals surface area contributed by atoms with Crippen LogP contribution in [-0.4, -0.2) is 11.0 Å². The van der Waals surface area contributed by atoms with Gasteiger partial charge in [-0.1, -0.05) is 23.7 Å². The Hall–Kier alpha value is -2.80. The Balaban J connectivity index is 2.01. The molecule has 0 saturated carbocycles. The van der Waals surface area contributed by atoms with E-state index in [9.17, 15) is 14.9 Å². The van der Waals surface area contributed by atoms with E-state index in [1.165, 1.54) is 12.1 Å². The first-order valence-corrected chi connectivity index (χ1v) is 6.67. The molecule has 22 heavy (non-hydrogen) atoms. The number of carbonyl (C=O) groups is 1. The average Bonchev–Trinajstić information content (AvgIpc) is 2.46. The summed E-state index contributed by atoms with van der Waals surface area (Å²) in [4.78, 5) is 20.9. The average molecular weight is 321 g/mol. The third kappa shape index (κ3) is 4.10. The van der Waals surface area contributed by atoms with Gasteiger partial charge in [0, 0.05) is 24.4 Å². The molecule has 114 valence electrons. The summed E-state index contributed by atoms with van der Waals surface area (Å²) >= 11 is 5.99. The summed E-state index contributed by atoms with van der Waals surface area (Å²) < 4.78 is 0. The van der Waals surface area contributed by atoms with Crippen molar-refractivity contribution in [2.75, 3.05) is 10.6 Å². The van der Waals surface area contributed by atoms with Gasteiger partial charge in [0.1, 0.15) is 0 Å². The van der Waals surface area contributed by atoms with E-state index in [-0.39, 0.29) is 10.7 Å². The quantitative estimate of drug-likeness (QED) is 0.579. The first-order valence-electron chi connectivity index (χ1n) is 6.29. The molecular weight excluding hydrogens is 308 g/mol. The van der Waals surface area contributed by atoms with Gasteiger partial charge in [-0.3, -0.25) is 10.1 Å². The van der Waals surface area contributed by atoms with Gasteiger partial charge in [-0.15, -0.1) is 0 Å². The predicted octanol–water partition coefficient (Wildman–Crippen LogP) is 3.35. The Bertz CT molecular complexity index is 704. The Morgan fingerprint density at radius 2 is 1.91 bits per heavy atom. The van der Waals surface area contributed by atoms with Gasteiger partial charge in [-0.25, -0.2) is 4.79 Å². The minimum absolute atomic E-state index is 0.0579. The van der Waals surface area contributed by atoms with Gasteiger partial charge < -0.3 is 16.4 Å². The number of nitro benzene ring substituents is 1. The van der Waals surface area contributed by atoms with E-state index in [1.54, 1.807) is 18.2 Å². The number of nitrogens with two attached hydrogens (primary N) is 1. The number of hydrogen-bond acceptors (Lipinski definition) is 4. The first kappa shape index (κ1) is 15.6. The number of benzene rings is 2. The summed E-state index contributed by atoms with van der Waals surface area (Å²) in [5.74, 6) is 0. The normalized spacial score (nSPS) is 10.0. The summed E-state index contributed by atoms with van der Waals surface area (Å²) in [6.45, 7) is 0.481. The number of non-ortho nitro benzene ring substituents is 1. The molecule has 8 heteroatoms. The highest BCUT2D eigenvalue weighted by molar-refractivity contribution is 6.33. The number of nitrogens with one attached hydrogen (secondary N) is 2. The number of urea groups is 1. The molecule has 0 aromatic heterocycles. The first-order chi connectivity index (χ1) is 10.5. The fourth-order valence-electron chi connectivity index (χ4n) is 1.81. The Morgan fingerprint density at radius 1 is 1.23 bits per heavy atom. The standard InChI is InChI=1S/C14H13ClN4O3/c15-12-7-11(19(21)22)5-6-13(12)17-8-9-1-3-10(4-2-9)18-14(16)20/h1-7,17H,8H2,(H3,16,18,20). The lowest BCUT2D eigenvalue weighted by molar-refractivity contribution is -0.384. The van der Waals surface area contributed by atoms with Crippen LogP contribution in [0.4, 0.5) is 21.9 Å². The van der Waals surface area contributed by atoms with Gasteiger partial charge >= 0.3 is 6.03 Å². The number of carbonyl (C=O) groups excluding carboxylic acids is 1. The lowest BCUT2D eigenvalue weighted by atomic mass is 10.2. The zero-order valence-electron chi connectivity index (χ0n) is 11.4. The molecule has 0 saturated heterocycles. The second-order valence-electron chi connectivity index (χ2n) is 4.46. The van der Waals surface area contributed by atoms with E-state index in [0.717, 1.165) is 5.56 Å². The van der Waals surface area contributed by atoms with Crippen LogP contribution in [0.5, 0.6) is 0 Å². The number of anilines is 2. The van der Waals surface area contributed by atoms with E-state index >= 15 is 0 Å². The summed E-state index contributed by atoms with van der Waals surface area (Å²) in [7, 11) is 0. The highest BCUT2D eigenvalue weighted by Gasteiger charge is 2.09. The molecule has 0 atom stereocenters. The monoisotopic (exact) mass is 320 g/mol. The zero-order chi connectivity index (χ0) is 16.1. The minimum Gasteiger partial charge on any atom is -0.380 e. The summed E-state index contributed by atoms with van der Waals surface area (Å²) in [5.41, 5.74) is 7.12. The molecule has 0 heterocycles. The lowest BCUT2D eigenvalue weighted by Crippen LogP contribution is -2.19. The Morgan fingerprint density at radius 3 is 2.45 bits per heavy atom. The molecule has 2 rings (SSSR count). The van der Waals surface area contributed by atoms with Crippen LogP contribution < -0.4 is 16.4 Å². The van der Waals surface area contributed by atoms with E-state index in [4.69, 9.17) is 17.3 Å². The highest BCUT2D eigenvalue weighted by Crippen LogP contribution is 2.27. The van der Waals surface area contributed by atoms with Crippen molar-refractivity contribution in [3.05, 3.63) is 63.2 Å². The number of amides is 2. The minimum atomic E-state index is -0.622. The van der Waals surface area contributed by atoms with E-state index < -0.39 is 11.0 Å². The largest absolute Gasteiger partial charge is 0.380 e.